The van der Waals surface area contributed by atoms with Crippen molar-refractivity contribution in [1.82, 2.24) is 0 Å². The number of isothiocyanates is 1. The van der Waals surface area contributed by atoms with E-state index in [1.165, 1.54) is 19.3 Å². The molecule has 2 aliphatic rings. The predicted molar refractivity (Wildman–Crippen MR) is 107 cm³/mol. The van der Waals surface area contributed by atoms with Crippen LogP contribution in [0.2, 0.25) is 0 Å². The SMILES string of the molecule is CCCC[C@H]1CO[C@H](CC[C@H]2CO[C@H](c3ccc(N=C=S)cc3)OC2)OC1. The minimum Gasteiger partial charge on any atom is -0.352 e. The molecule has 0 radical (unpaired) electrons. The van der Waals surface area contributed by atoms with Crippen molar-refractivity contribution in [3.8, 4) is 0 Å². The molecule has 2 saturated heterocycles. The summed E-state index contributed by atoms with van der Waals surface area (Å²) in [6.07, 6.45) is 5.18. The van der Waals surface area contributed by atoms with Crippen LogP contribution in [0, 0.1) is 11.8 Å². The molecule has 0 saturated carbocycles. The Bertz CT molecular complexity index is 601. The maximum Gasteiger partial charge on any atom is 0.183 e. The number of thiocarbonyl (C=S) groups is 1. The Morgan fingerprint density at radius 2 is 1.56 bits per heavy atom. The van der Waals surface area contributed by atoms with E-state index >= 15 is 0 Å². The molecule has 0 aromatic heterocycles. The summed E-state index contributed by atoms with van der Waals surface area (Å²) in [5.41, 5.74) is 1.78. The van der Waals surface area contributed by atoms with E-state index in [1.807, 2.05) is 24.3 Å². The Balaban J connectivity index is 1.34. The van der Waals surface area contributed by atoms with Gasteiger partial charge < -0.3 is 18.9 Å². The van der Waals surface area contributed by atoms with E-state index in [4.69, 9.17) is 18.9 Å². The minimum atomic E-state index is -0.312. The molecule has 1 aromatic carbocycles. The summed E-state index contributed by atoms with van der Waals surface area (Å²) in [4.78, 5) is 3.95. The number of aliphatic imine (C=N–C) groups is 1. The van der Waals surface area contributed by atoms with Gasteiger partial charge in [-0.15, -0.1) is 0 Å². The van der Waals surface area contributed by atoms with E-state index in [2.05, 4.69) is 29.3 Å². The number of benzene rings is 1. The first kappa shape index (κ1) is 20.6. The van der Waals surface area contributed by atoms with Crippen molar-refractivity contribution in [1.29, 1.82) is 0 Å². The van der Waals surface area contributed by atoms with Crippen LogP contribution in [0.3, 0.4) is 0 Å². The summed E-state index contributed by atoms with van der Waals surface area (Å²) >= 11 is 4.62. The lowest BCUT2D eigenvalue weighted by Crippen LogP contribution is -2.33. The Morgan fingerprint density at radius 3 is 2.19 bits per heavy atom. The molecule has 148 valence electrons. The highest BCUT2D eigenvalue weighted by molar-refractivity contribution is 7.78. The highest BCUT2D eigenvalue weighted by Crippen LogP contribution is 2.29. The molecule has 2 heterocycles. The zero-order valence-electron chi connectivity index (χ0n) is 16.0. The molecule has 1 aromatic rings. The summed E-state index contributed by atoms with van der Waals surface area (Å²) in [6, 6.07) is 7.68. The average molecular weight is 392 g/mol. The Morgan fingerprint density at radius 1 is 0.926 bits per heavy atom. The largest absolute Gasteiger partial charge is 0.352 e. The van der Waals surface area contributed by atoms with Crippen LogP contribution in [0.15, 0.2) is 29.3 Å². The summed E-state index contributed by atoms with van der Waals surface area (Å²) in [6.45, 7) is 5.26. The first-order valence-corrected chi connectivity index (χ1v) is 10.3. The van der Waals surface area contributed by atoms with Crippen LogP contribution in [-0.4, -0.2) is 37.9 Å². The number of ether oxygens (including phenoxy) is 4. The molecule has 5 nitrogen and oxygen atoms in total. The van der Waals surface area contributed by atoms with Gasteiger partial charge in [0.15, 0.2) is 12.6 Å². The number of unbranched alkanes of at least 4 members (excludes halogenated alkanes) is 1. The number of nitrogens with zero attached hydrogens (tertiary/aromatic N) is 1. The second kappa shape index (κ2) is 11.0. The van der Waals surface area contributed by atoms with E-state index in [0.717, 1.165) is 37.3 Å². The van der Waals surface area contributed by atoms with E-state index in [-0.39, 0.29) is 12.6 Å². The molecule has 6 heteroatoms. The van der Waals surface area contributed by atoms with Crippen LogP contribution in [0.25, 0.3) is 0 Å². The van der Waals surface area contributed by atoms with Crippen molar-refractivity contribution >= 4 is 23.1 Å². The van der Waals surface area contributed by atoms with Crippen molar-refractivity contribution in [3.05, 3.63) is 29.8 Å². The van der Waals surface area contributed by atoms with Gasteiger partial charge in [-0.3, -0.25) is 0 Å². The van der Waals surface area contributed by atoms with Crippen LogP contribution in [-0.2, 0) is 18.9 Å². The van der Waals surface area contributed by atoms with Crippen LogP contribution in [0.4, 0.5) is 5.69 Å². The summed E-state index contributed by atoms with van der Waals surface area (Å²) in [5.74, 6) is 0.939. The van der Waals surface area contributed by atoms with Crippen molar-refractivity contribution in [3.63, 3.8) is 0 Å². The van der Waals surface area contributed by atoms with E-state index in [0.29, 0.717) is 25.0 Å². The van der Waals surface area contributed by atoms with Gasteiger partial charge in [-0.1, -0.05) is 31.9 Å². The maximum absolute atomic E-state index is 5.91. The topological polar surface area (TPSA) is 49.3 Å². The molecule has 0 spiro atoms. The zero-order chi connectivity index (χ0) is 18.9. The van der Waals surface area contributed by atoms with Gasteiger partial charge in [-0.2, -0.15) is 4.99 Å². The Kier molecular flexibility index (Phi) is 8.39. The van der Waals surface area contributed by atoms with Gasteiger partial charge in [-0.25, -0.2) is 0 Å². The molecule has 0 bridgehead atoms. The van der Waals surface area contributed by atoms with Crippen molar-refractivity contribution in [2.24, 2.45) is 16.8 Å². The van der Waals surface area contributed by atoms with Crippen LogP contribution >= 0.6 is 12.2 Å². The molecular formula is C21H29NO4S. The summed E-state index contributed by atoms with van der Waals surface area (Å²) < 4.78 is 23.6. The third-order valence-corrected chi connectivity index (χ3v) is 5.21. The molecular weight excluding hydrogens is 362 g/mol. The number of rotatable bonds is 8. The van der Waals surface area contributed by atoms with Gasteiger partial charge in [-0.05, 0) is 43.6 Å². The third kappa shape index (κ3) is 6.46. The van der Waals surface area contributed by atoms with E-state index < -0.39 is 0 Å². The van der Waals surface area contributed by atoms with Crippen molar-refractivity contribution in [2.75, 3.05) is 26.4 Å². The van der Waals surface area contributed by atoms with Crippen LogP contribution in [0.1, 0.15) is 50.9 Å². The molecule has 0 atom stereocenters. The lowest BCUT2D eigenvalue weighted by Gasteiger charge is -2.32. The molecule has 3 rings (SSSR count). The number of hydrogen-bond acceptors (Lipinski definition) is 6. The quantitative estimate of drug-likeness (QED) is 0.459. The third-order valence-electron chi connectivity index (χ3n) is 5.12. The van der Waals surface area contributed by atoms with Gasteiger partial charge >= 0.3 is 0 Å². The Labute approximate surface area is 167 Å². The standard InChI is InChI=1S/C21H29NO4S/c1-2-3-4-16-11-23-20(24-12-16)10-5-17-13-25-21(26-14-17)18-6-8-19(9-7-18)22-15-27/h6-9,16-17,20-21H,2-5,10-14H2,1H3/t16-,17-,20-,21-. The predicted octanol–water partition coefficient (Wildman–Crippen LogP) is 5.04. The maximum atomic E-state index is 5.91. The fraction of sp³-hybridized carbons (Fsp3) is 0.667. The van der Waals surface area contributed by atoms with Crippen molar-refractivity contribution < 1.29 is 18.9 Å². The molecule has 0 amide bonds. The highest BCUT2D eigenvalue weighted by atomic mass is 32.1. The van der Waals surface area contributed by atoms with E-state index in [1.54, 1.807) is 0 Å². The van der Waals surface area contributed by atoms with Crippen LogP contribution in [0.5, 0.6) is 0 Å². The lowest BCUT2D eigenvalue weighted by atomic mass is 10.0. The first-order valence-electron chi connectivity index (χ1n) is 9.92. The molecule has 0 N–H and O–H groups in total. The average Bonchev–Trinajstić information content (AvgIpc) is 2.73. The smallest absolute Gasteiger partial charge is 0.183 e. The molecule has 2 fully saturated rings. The van der Waals surface area contributed by atoms with Crippen molar-refractivity contribution in [2.45, 2.75) is 51.6 Å². The van der Waals surface area contributed by atoms with Gasteiger partial charge in [0.05, 0.1) is 37.3 Å². The normalized spacial score (nSPS) is 28.5. The second-order valence-electron chi connectivity index (χ2n) is 7.34. The monoisotopic (exact) mass is 391 g/mol. The molecule has 0 unspecified atom stereocenters. The Hall–Kier alpha value is -1.14. The summed E-state index contributed by atoms with van der Waals surface area (Å²) in [7, 11) is 0. The first-order chi connectivity index (χ1) is 13.3. The number of hydrogen-bond donors (Lipinski definition) is 0. The highest BCUT2D eigenvalue weighted by Gasteiger charge is 2.26. The molecule has 0 aliphatic carbocycles. The van der Waals surface area contributed by atoms with Gasteiger partial charge in [0.2, 0.25) is 0 Å². The minimum absolute atomic E-state index is 0.0742. The zero-order valence-corrected chi connectivity index (χ0v) is 16.8. The lowest BCUT2D eigenvalue weighted by molar-refractivity contribution is -0.220. The van der Waals surface area contributed by atoms with Gasteiger partial charge in [0, 0.05) is 17.4 Å². The second-order valence-corrected chi connectivity index (χ2v) is 7.52. The van der Waals surface area contributed by atoms with E-state index in [9.17, 15) is 0 Å². The van der Waals surface area contributed by atoms with Gasteiger partial charge in [0.1, 0.15) is 0 Å². The summed E-state index contributed by atoms with van der Waals surface area (Å²) in [5, 5.41) is 2.37. The fourth-order valence-corrected chi connectivity index (χ4v) is 3.55. The van der Waals surface area contributed by atoms with Gasteiger partial charge in [0.25, 0.3) is 0 Å². The van der Waals surface area contributed by atoms with Crippen LogP contribution < -0.4 is 0 Å². The molecule has 27 heavy (non-hydrogen) atoms. The fourth-order valence-electron chi connectivity index (χ4n) is 3.44. The molecule has 2 aliphatic heterocycles.